The first kappa shape index (κ1) is 48.4. The minimum Gasteiger partial charge on any atom is -0.391 e. The summed E-state index contributed by atoms with van der Waals surface area (Å²) in [6, 6.07) is -1.02. The van der Waals surface area contributed by atoms with Crippen molar-refractivity contribution in [3.8, 4) is 0 Å². The zero-order valence-electron chi connectivity index (χ0n) is 31.9. The van der Waals surface area contributed by atoms with E-state index in [4.69, 9.17) is 9.05 Å². The van der Waals surface area contributed by atoms with Gasteiger partial charge in [-0.25, -0.2) is 4.57 Å². The fourth-order valence-electron chi connectivity index (χ4n) is 6.73. The van der Waals surface area contributed by atoms with Gasteiger partial charge in [0.15, 0.2) is 0 Å². The highest BCUT2D eigenvalue weighted by Crippen LogP contribution is 2.47. The van der Waals surface area contributed by atoms with Crippen molar-refractivity contribution < 1.29 is 53.9 Å². The summed E-state index contributed by atoms with van der Waals surface area (Å²) in [5, 5.41) is 63.8. The molecule has 9 atom stereocenters. The molecule has 304 valence electrons. The SMILES string of the molecule is CCCCCCCCCCCCCCC(=O)N[C@@H](COP(=O)(O)OC1C(O)C(O)C(O)[C@@H](O)C1O)[C@H](O)CCCCCCCCCCCCCC. The van der Waals surface area contributed by atoms with Crippen LogP contribution in [0.4, 0.5) is 0 Å². The lowest BCUT2D eigenvalue weighted by Gasteiger charge is -2.41. The molecule has 0 aromatic rings. The average Bonchev–Trinajstić information content (AvgIpc) is 3.11. The lowest BCUT2D eigenvalue weighted by atomic mass is 9.85. The molecule has 1 aliphatic carbocycles. The molecule has 0 aromatic heterocycles. The molecule has 13 heteroatoms. The summed E-state index contributed by atoms with van der Waals surface area (Å²) in [7, 11) is -5.04. The van der Waals surface area contributed by atoms with Gasteiger partial charge in [0.2, 0.25) is 5.91 Å². The summed E-state index contributed by atoms with van der Waals surface area (Å²) in [5.74, 6) is -0.309. The zero-order valence-corrected chi connectivity index (χ0v) is 32.8. The molecule has 1 saturated carbocycles. The van der Waals surface area contributed by atoms with Crippen LogP contribution in [0.3, 0.4) is 0 Å². The summed E-state index contributed by atoms with van der Waals surface area (Å²) in [5.41, 5.74) is 0. The van der Waals surface area contributed by atoms with Gasteiger partial charge in [0, 0.05) is 6.42 Å². The Kier molecular flexibility index (Phi) is 28.1. The van der Waals surface area contributed by atoms with Crippen molar-refractivity contribution in [1.82, 2.24) is 5.32 Å². The largest absolute Gasteiger partial charge is 0.472 e. The summed E-state index contributed by atoms with van der Waals surface area (Å²) >= 11 is 0. The van der Waals surface area contributed by atoms with Crippen molar-refractivity contribution in [3.63, 3.8) is 0 Å². The van der Waals surface area contributed by atoms with E-state index >= 15 is 0 Å². The first-order valence-corrected chi connectivity index (χ1v) is 22.0. The third-order valence-electron chi connectivity index (χ3n) is 10.2. The fourth-order valence-corrected chi connectivity index (χ4v) is 7.70. The second-order valence-corrected chi connectivity index (χ2v) is 16.3. The summed E-state index contributed by atoms with van der Waals surface area (Å²) in [6.07, 6.45) is 15.7. The number of carbonyl (C=O) groups excluding carboxylic acids is 1. The third-order valence-corrected chi connectivity index (χ3v) is 11.2. The number of nitrogens with one attached hydrogen (secondary N) is 1. The normalized spacial score (nSPS) is 24.6. The second-order valence-electron chi connectivity index (χ2n) is 14.8. The fraction of sp³-hybridized carbons (Fsp3) is 0.974. The minimum absolute atomic E-state index is 0.241. The molecule has 0 aromatic carbocycles. The molecule has 12 nitrogen and oxygen atoms in total. The molecule has 1 rings (SSSR count). The Morgan fingerprint density at radius 3 is 1.35 bits per heavy atom. The number of amides is 1. The van der Waals surface area contributed by atoms with Crippen molar-refractivity contribution >= 4 is 13.7 Å². The Morgan fingerprint density at radius 2 is 0.941 bits per heavy atom. The van der Waals surface area contributed by atoms with Gasteiger partial charge < -0.3 is 40.8 Å². The molecule has 0 heterocycles. The smallest absolute Gasteiger partial charge is 0.391 e. The Bertz CT molecular complexity index is 884. The van der Waals surface area contributed by atoms with Crippen LogP contribution in [0.25, 0.3) is 0 Å². The highest BCUT2D eigenvalue weighted by molar-refractivity contribution is 7.47. The molecule has 1 aliphatic rings. The lowest BCUT2D eigenvalue weighted by molar-refractivity contribution is -0.220. The molecular weight excluding hydrogens is 677 g/mol. The van der Waals surface area contributed by atoms with Crippen LogP contribution in [0, 0.1) is 0 Å². The van der Waals surface area contributed by atoms with E-state index in [1.807, 2.05) is 0 Å². The van der Waals surface area contributed by atoms with Crippen LogP contribution >= 0.6 is 7.82 Å². The van der Waals surface area contributed by atoms with Crippen LogP contribution in [0.1, 0.15) is 181 Å². The van der Waals surface area contributed by atoms with E-state index < -0.39 is 63.2 Å². The molecular formula is C38H76NO11P. The van der Waals surface area contributed by atoms with E-state index in [2.05, 4.69) is 19.2 Å². The van der Waals surface area contributed by atoms with E-state index in [0.29, 0.717) is 19.3 Å². The Balaban J connectivity index is 2.54. The maximum Gasteiger partial charge on any atom is 0.472 e. The van der Waals surface area contributed by atoms with E-state index in [0.717, 1.165) is 38.5 Å². The van der Waals surface area contributed by atoms with Gasteiger partial charge in [-0.05, 0) is 12.8 Å². The number of hydrogen-bond donors (Lipinski definition) is 8. The number of phosphoric ester groups is 1. The van der Waals surface area contributed by atoms with Gasteiger partial charge in [-0.1, -0.05) is 162 Å². The maximum atomic E-state index is 12.9. The molecule has 1 fully saturated rings. The minimum atomic E-state index is -5.04. The quantitative estimate of drug-likeness (QED) is 0.0274. The van der Waals surface area contributed by atoms with Crippen LogP contribution in [-0.4, -0.2) is 96.8 Å². The number of rotatable bonds is 33. The molecule has 6 unspecified atom stereocenters. The molecule has 0 aliphatic heterocycles. The first-order valence-electron chi connectivity index (χ1n) is 20.5. The Hall–Kier alpha value is -0.660. The Labute approximate surface area is 308 Å². The van der Waals surface area contributed by atoms with Crippen molar-refractivity contribution in [2.45, 2.75) is 230 Å². The number of aliphatic hydroxyl groups excluding tert-OH is 6. The van der Waals surface area contributed by atoms with E-state index in [1.165, 1.54) is 103 Å². The van der Waals surface area contributed by atoms with Gasteiger partial charge in [-0.2, -0.15) is 0 Å². The molecule has 1 amide bonds. The number of phosphoric acid groups is 1. The van der Waals surface area contributed by atoms with Crippen LogP contribution in [0.2, 0.25) is 0 Å². The van der Waals surface area contributed by atoms with Gasteiger partial charge in [0.1, 0.15) is 36.6 Å². The van der Waals surface area contributed by atoms with Gasteiger partial charge >= 0.3 is 7.82 Å². The van der Waals surface area contributed by atoms with Gasteiger partial charge in [0.05, 0.1) is 18.8 Å². The van der Waals surface area contributed by atoms with Crippen LogP contribution in [0.15, 0.2) is 0 Å². The predicted molar refractivity (Wildman–Crippen MR) is 200 cm³/mol. The topological polar surface area (TPSA) is 206 Å². The summed E-state index contributed by atoms with van der Waals surface area (Å²) < 4.78 is 22.8. The molecule has 0 saturated heterocycles. The van der Waals surface area contributed by atoms with Gasteiger partial charge in [-0.3, -0.25) is 13.8 Å². The number of unbranched alkanes of at least 4 members (excludes halogenated alkanes) is 22. The summed E-state index contributed by atoms with van der Waals surface area (Å²) in [6.45, 7) is 3.85. The molecule has 51 heavy (non-hydrogen) atoms. The lowest BCUT2D eigenvalue weighted by Crippen LogP contribution is -2.64. The van der Waals surface area contributed by atoms with Gasteiger partial charge in [-0.15, -0.1) is 0 Å². The first-order chi connectivity index (χ1) is 24.4. The number of hydrogen-bond acceptors (Lipinski definition) is 10. The molecule has 0 spiro atoms. The van der Waals surface area contributed by atoms with E-state index in [-0.39, 0.29) is 12.3 Å². The van der Waals surface area contributed by atoms with E-state index in [9.17, 15) is 44.9 Å². The van der Waals surface area contributed by atoms with Crippen LogP contribution < -0.4 is 5.32 Å². The van der Waals surface area contributed by atoms with Gasteiger partial charge in [0.25, 0.3) is 0 Å². The number of aliphatic hydroxyl groups is 6. The van der Waals surface area contributed by atoms with Crippen LogP contribution in [0.5, 0.6) is 0 Å². The molecule has 0 radical (unpaired) electrons. The van der Waals surface area contributed by atoms with Crippen molar-refractivity contribution in [3.05, 3.63) is 0 Å². The average molecular weight is 754 g/mol. The monoisotopic (exact) mass is 754 g/mol. The zero-order chi connectivity index (χ0) is 37.9. The standard InChI is InChI=1S/C38H76NO11P/c1-3-5-7-9-11-13-15-17-19-21-23-25-27-31(40)30(39-32(41)28-26-24-22-20-18-16-14-12-10-8-6-4-2)29-49-51(47,48)50-38-36(45)34(43)33(42)35(44)37(38)46/h30-31,33-38,40,42-46H,3-29H2,1-2H3,(H,39,41)(H,47,48)/t30-,31+,33?,34+,35?,36?,37?,38?/m0/s1. The third kappa shape index (κ3) is 22.3. The maximum absolute atomic E-state index is 12.9. The van der Waals surface area contributed by atoms with Crippen LogP contribution in [-0.2, 0) is 18.4 Å². The molecule has 0 bridgehead atoms. The summed E-state index contributed by atoms with van der Waals surface area (Å²) in [4.78, 5) is 23.2. The van der Waals surface area contributed by atoms with Crippen molar-refractivity contribution in [1.29, 1.82) is 0 Å². The predicted octanol–water partition coefficient (Wildman–Crippen LogP) is 6.33. The highest BCUT2D eigenvalue weighted by atomic mass is 31.2. The molecule has 8 N–H and O–H groups in total. The Morgan fingerprint density at radius 1 is 0.588 bits per heavy atom. The highest BCUT2D eigenvalue weighted by Gasteiger charge is 2.51. The van der Waals surface area contributed by atoms with E-state index in [1.54, 1.807) is 0 Å². The second kappa shape index (κ2) is 29.7. The number of carbonyl (C=O) groups is 1. The van der Waals surface area contributed by atoms with Crippen molar-refractivity contribution in [2.75, 3.05) is 6.61 Å². The van der Waals surface area contributed by atoms with Crippen molar-refractivity contribution in [2.24, 2.45) is 0 Å².